The molecule has 4 rings (SSSR count). The van der Waals surface area contributed by atoms with Gasteiger partial charge in [0.1, 0.15) is 5.82 Å². The van der Waals surface area contributed by atoms with Crippen LogP contribution in [-0.2, 0) is 6.42 Å². The highest BCUT2D eigenvalue weighted by Gasteiger charge is 2.44. The predicted octanol–water partition coefficient (Wildman–Crippen LogP) is 6.11. The molecular weight excluding hydrogens is 323 g/mol. The lowest BCUT2D eigenvalue weighted by atomic mass is 9.68. The maximum absolute atomic E-state index is 13.2. The van der Waals surface area contributed by atoms with Crippen LogP contribution in [0.25, 0.3) is 11.8 Å². The van der Waals surface area contributed by atoms with Crippen molar-refractivity contribution in [1.82, 2.24) is 9.78 Å². The highest BCUT2D eigenvalue weighted by atomic mass is 19.1. The number of nitrogens with zero attached hydrogens (tertiary/aromatic N) is 2. The summed E-state index contributed by atoms with van der Waals surface area (Å²) in [4.78, 5) is 0. The van der Waals surface area contributed by atoms with E-state index in [9.17, 15) is 4.39 Å². The number of hydrogen-bond donors (Lipinski definition) is 0. The van der Waals surface area contributed by atoms with Gasteiger partial charge in [-0.3, -0.25) is 0 Å². The molecule has 2 nitrogen and oxygen atoms in total. The van der Waals surface area contributed by atoms with E-state index in [1.807, 2.05) is 17.0 Å². The third kappa shape index (κ3) is 2.94. The Labute approximate surface area is 155 Å². The summed E-state index contributed by atoms with van der Waals surface area (Å²) in [6.45, 7) is 6.27. The lowest BCUT2D eigenvalue weighted by molar-refractivity contribution is 0.250. The Balaban J connectivity index is 1.58. The maximum atomic E-state index is 13.2. The molecule has 136 valence electrons. The molecule has 0 N–H and O–H groups in total. The zero-order valence-electron chi connectivity index (χ0n) is 15.5. The van der Waals surface area contributed by atoms with Crippen LogP contribution in [0.4, 0.5) is 4.39 Å². The van der Waals surface area contributed by atoms with E-state index in [2.05, 4.69) is 24.7 Å². The molecule has 1 aromatic heterocycles. The Bertz CT molecular complexity index is 830. The molecule has 26 heavy (non-hydrogen) atoms. The number of rotatable bonds is 6. The highest BCUT2D eigenvalue weighted by molar-refractivity contribution is 5.61. The van der Waals surface area contributed by atoms with Crippen LogP contribution in [0.1, 0.15) is 56.7 Å². The molecule has 1 aromatic carbocycles. The molecule has 0 spiro atoms. The van der Waals surface area contributed by atoms with Crippen molar-refractivity contribution in [2.24, 2.45) is 11.3 Å². The first-order valence-electron chi connectivity index (χ1n) is 9.76. The van der Waals surface area contributed by atoms with Crippen molar-refractivity contribution in [2.45, 2.75) is 51.9 Å². The van der Waals surface area contributed by atoms with Gasteiger partial charge in [-0.05, 0) is 85.8 Å². The van der Waals surface area contributed by atoms with Crippen molar-refractivity contribution < 1.29 is 4.39 Å². The molecule has 1 saturated carbocycles. The van der Waals surface area contributed by atoms with Crippen molar-refractivity contribution >= 4 is 6.08 Å². The summed E-state index contributed by atoms with van der Waals surface area (Å²) >= 11 is 0. The molecule has 2 aromatic rings. The van der Waals surface area contributed by atoms with E-state index in [0.717, 1.165) is 24.4 Å². The standard InChI is InChI=1S/C23H27FN2/c1-3-4-5-6-7-18-8-9-19-14-22-17(15-23(18,19)2)16-25-26(22)21-12-10-20(24)11-13-21/h3,10-14,16,18H,1,4-9,15H2,2H3/t18?,23-/m1/s1. The van der Waals surface area contributed by atoms with Crippen LogP contribution in [-0.4, -0.2) is 9.78 Å². The summed E-state index contributed by atoms with van der Waals surface area (Å²) in [6.07, 6.45) is 14.9. The summed E-state index contributed by atoms with van der Waals surface area (Å²) in [5, 5.41) is 4.61. The van der Waals surface area contributed by atoms with Gasteiger partial charge in [-0.15, -0.1) is 6.58 Å². The van der Waals surface area contributed by atoms with Crippen molar-refractivity contribution in [2.75, 3.05) is 0 Å². The molecule has 0 saturated heterocycles. The third-order valence-corrected chi connectivity index (χ3v) is 6.43. The molecule has 0 aliphatic heterocycles. The highest BCUT2D eigenvalue weighted by Crippen LogP contribution is 2.54. The quantitative estimate of drug-likeness (QED) is 0.454. The molecule has 2 atom stereocenters. The Morgan fingerprint density at radius 3 is 2.88 bits per heavy atom. The van der Waals surface area contributed by atoms with Crippen molar-refractivity contribution in [3.8, 4) is 5.69 Å². The van der Waals surface area contributed by atoms with Gasteiger partial charge >= 0.3 is 0 Å². The fourth-order valence-electron chi connectivity index (χ4n) is 4.86. The van der Waals surface area contributed by atoms with Gasteiger partial charge in [0.15, 0.2) is 0 Å². The molecule has 2 aliphatic carbocycles. The normalized spacial score (nSPS) is 24.1. The summed E-state index contributed by atoms with van der Waals surface area (Å²) in [6, 6.07) is 6.59. The van der Waals surface area contributed by atoms with E-state index in [0.29, 0.717) is 0 Å². The second-order valence-corrected chi connectivity index (χ2v) is 8.02. The number of unbranched alkanes of at least 4 members (excludes halogenated alkanes) is 2. The van der Waals surface area contributed by atoms with Gasteiger partial charge in [0, 0.05) is 0 Å². The SMILES string of the molecule is C=CCCCCC1CCC2=Cc3c(cnn3-c3ccc(F)cc3)C[C@@]21C. The first-order chi connectivity index (χ1) is 12.6. The topological polar surface area (TPSA) is 17.8 Å². The Morgan fingerprint density at radius 2 is 2.12 bits per heavy atom. The zero-order valence-corrected chi connectivity index (χ0v) is 15.5. The van der Waals surface area contributed by atoms with Gasteiger partial charge in [0.05, 0.1) is 17.6 Å². The summed E-state index contributed by atoms with van der Waals surface area (Å²) in [7, 11) is 0. The first-order valence-corrected chi connectivity index (χ1v) is 9.76. The zero-order chi connectivity index (χ0) is 18.1. The smallest absolute Gasteiger partial charge is 0.123 e. The molecule has 3 heteroatoms. The number of aromatic nitrogens is 2. The van der Waals surface area contributed by atoms with Crippen LogP contribution >= 0.6 is 0 Å². The molecular formula is C23H27FN2. The minimum absolute atomic E-state index is 0.212. The number of benzene rings is 1. The van der Waals surface area contributed by atoms with Crippen LogP contribution < -0.4 is 0 Å². The summed E-state index contributed by atoms with van der Waals surface area (Å²) < 4.78 is 15.2. The second kappa shape index (κ2) is 6.86. The van der Waals surface area contributed by atoms with Crippen LogP contribution in [0.2, 0.25) is 0 Å². The molecule has 2 aliphatic rings. The van der Waals surface area contributed by atoms with E-state index in [1.54, 1.807) is 17.7 Å². The van der Waals surface area contributed by atoms with Gasteiger partial charge in [-0.25, -0.2) is 9.07 Å². The largest absolute Gasteiger partial charge is 0.233 e. The first kappa shape index (κ1) is 17.3. The minimum Gasteiger partial charge on any atom is -0.233 e. The number of halogens is 1. The molecule has 1 fully saturated rings. The van der Waals surface area contributed by atoms with Crippen molar-refractivity contribution in [1.29, 1.82) is 0 Å². The molecule has 0 amide bonds. The van der Waals surface area contributed by atoms with Gasteiger partial charge in [-0.2, -0.15) is 5.10 Å². The van der Waals surface area contributed by atoms with Crippen LogP contribution in [0, 0.1) is 17.2 Å². The summed E-state index contributed by atoms with van der Waals surface area (Å²) in [5.74, 6) is 0.552. The Hall–Kier alpha value is -2.16. The second-order valence-electron chi connectivity index (χ2n) is 8.02. The van der Waals surface area contributed by atoms with E-state index < -0.39 is 0 Å². The minimum atomic E-state index is -0.212. The average molecular weight is 350 g/mol. The Kier molecular flexibility index (Phi) is 4.56. The van der Waals surface area contributed by atoms with E-state index >= 15 is 0 Å². The van der Waals surface area contributed by atoms with Crippen molar-refractivity contribution in [3.05, 3.63) is 65.8 Å². The molecule has 1 unspecified atom stereocenters. The lowest BCUT2D eigenvalue weighted by Gasteiger charge is -2.36. The van der Waals surface area contributed by atoms with Crippen molar-refractivity contribution in [3.63, 3.8) is 0 Å². The van der Waals surface area contributed by atoms with E-state index in [4.69, 9.17) is 0 Å². The van der Waals surface area contributed by atoms with Crippen LogP contribution in [0.15, 0.2) is 48.7 Å². The summed E-state index contributed by atoms with van der Waals surface area (Å²) in [5.41, 5.74) is 5.27. The molecule has 1 heterocycles. The number of fused-ring (bicyclic) bond motifs is 2. The predicted molar refractivity (Wildman–Crippen MR) is 105 cm³/mol. The fraction of sp³-hybridized carbons (Fsp3) is 0.435. The van der Waals surface area contributed by atoms with Crippen LogP contribution in [0.3, 0.4) is 0 Å². The number of hydrogen-bond acceptors (Lipinski definition) is 1. The third-order valence-electron chi connectivity index (χ3n) is 6.43. The molecule has 0 bridgehead atoms. The average Bonchev–Trinajstić information content (AvgIpc) is 3.17. The Morgan fingerprint density at radius 1 is 1.31 bits per heavy atom. The fourth-order valence-corrected chi connectivity index (χ4v) is 4.86. The van der Waals surface area contributed by atoms with Gasteiger partial charge in [0.25, 0.3) is 0 Å². The number of allylic oxidation sites excluding steroid dienone is 2. The lowest BCUT2D eigenvalue weighted by Crippen LogP contribution is -2.28. The maximum Gasteiger partial charge on any atom is 0.123 e. The van der Waals surface area contributed by atoms with Gasteiger partial charge < -0.3 is 0 Å². The van der Waals surface area contributed by atoms with E-state index in [-0.39, 0.29) is 11.2 Å². The van der Waals surface area contributed by atoms with Gasteiger partial charge in [0.2, 0.25) is 0 Å². The van der Waals surface area contributed by atoms with Crippen LogP contribution in [0.5, 0.6) is 0 Å². The molecule has 0 radical (unpaired) electrons. The van der Waals surface area contributed by atoms with E-state index in [1.165, 1.54) is 55.5 Å². The monoisotopic (exact) mass is 350 g/mol. The van der Waals surface area contributed by atoms with Gasteiger partial charge in [-0.1, -0.05) is 25.0 Å².